The molecule has 0 spiro atoms. The first-order valence-corrected chi connectivity index (χ1v) is 5.36. The topological polar surface area (TPSA) is 21.3 Å². The highest BCUT2D eigenvalue weighted by Crippen LogP contribution is 2.22. The van der Waals surface area contributed by atoms with Gasteiger partial charge in [-0.05, 0) is 30.2 Å². The first-order valence-electron chi connectivity index (χ1n) is 5.36. The minimum absolute atomic E-state index is 0.251. The number of hydrogen-bond acceptors (Lipinski definition) is 2. The van der Waals surface area contributed by atoms with Gasteiger partial charge in [0, 0.05) is 6.54 Å². The van der Waals surface area contributed by atoms with Crippen molar-refractivity contribution in [3.8, 4) is 18.1 Å². The van der Waals surface area contributed by atoms with E-state index in [4.69, 9.17) is 11.2 Å². The van der Waals surface area contributed by atoms with Gasteiger partial charge in [0.05, 0.1) is 13.7 Å². The Morgan fingerprint density at radius 2 is 2.35 bits per heavy atom. The van der Waals surface area contributed by atoms with E-state index in [0.29, 0.717) is 13.1 Å². The Kier molecular flexibility index (Phi) is 5.25. The number of nitrogens with one attached hydrogen (secondary N) is 1. The highest BCUT2D eigenvalue weighted by Gasteiger charge is 2.06. The van der Waals surface area contributed by atoms with Crippen molar-refractivity contribution in [1.82, 2.24) is 5.32 Å². The summed E-state index contributed by atoms with van der Waals surface area (Å²) in [6, 6.07) is 4.91. The van der Waals surface area contributed by atoms with E-state index in [1.54, 1.807) is 6.07 Å². The van der Waals surface area contributed by atoms with Gasteiger partial charge >= 0.3 is 0 Å². The van der Waals surface area contributed by atoms with Crippen LogP contribution in [0.1, 0.15) is 12.5 Å². The van der Waals surface area contributed by atoms with E-state index in [0.717, 1.165) is 11.1 Å². The summed E-state index contributed by atoms with van der Waals surface area (Å²) in [5.41, 5.74) is 1.83. The fourth-order valence-electron chi connectivity index (χ4n) is 1.51. The first kappa shape index (κ1) is 13.3. The molecule has 0 heterocycles. The van der Waals surface area contributed by atoms with Gasteiger partial charge in [0.25, 0.3) is 0 Å². The second kappa shape index (κ2) is 6.72. The van der Waals surface area contributed by atoms with Crippen LogP contribution in [0.2, 0.25) is 0 Å². The molecular weight excluding hydrogens is 217 g/mol. The van der Waals surface area contributed by atoms with E-state index in [2.05, 4.69) is 11.2 Å². The molecule has 0 fully saturated rings. The zero-order chi connectivity index (χ0) is 12.7. The van der Waals surface area contributed by atoms with Crippen LogP contribution in [0.25, 0.3) is 5.57 Å². The molecular formula is C14H16FNO. The zero-order valence-electron chi connectivity index (χ0n) is 10.1. The lowest BCUT2D eigenvalue weighted by Gasteiger charge is -2.09. The molecule has 0 aliphatic rings. The quantitative estimate of drug-likeness (QED) is 0.623. The van der Waals surface area contributed by atoms with Crippen LogP contribution in [-0.2, 0) is 0 Å². The summed E-state index contributed by atoms with van der Waals surface area (Å²) in [6.45, 7) is 3.03. The third-order valence-corrected chi connectivity index (χ3v) is 2.41. The number of methoxy groups -OCH3 is 1. The lowest BCUT2D eigenvalue weighted by Crippen LogP contribution is -2.16. The molecule has 0 aliphatic heterocycles. The number of hydrogen-bond donors (Lipinski definition) is 1. The van der Waals surface area contributed by atoms with Crippen LogP contribution in [0.3, 0.4) is 0 Å². The summed E-state index contributed by atoms with van der Waals surface area (Å²) >= 11 is 0. The Hall–Kier alpha value is -1.79. The SMILES string of the molecule is C#CCNCC(=CC)c1ccc(OC)c(F)c1. The smallest absolute Gasteiger partial charge is 0.165 e. The van der Waals surface area contributed by atoms with Crippen molar-refractivity contribution in [2.24, 2.45) is 0 Å². The molecule has 0 saturated carbocycles. The van der Waals surface area contributed by atoms with Crippen LogP contribution in [-0.4, -0.2) is 20.2 Å². The van der Waals surface area contributed by atoms with E-state index in [-0.39, 0.29) is 11.6 Å². The van der Waals surface area contributed by atoms with Crippen molar-refractivity contribution >= 4 is 5.57 Å². The highest BCUT2D eigenvalue weighted by molar-refractivity contribution is 5.67. The molecule has 90 valence electrons. The number of rotatable bonds is 5. The van der Waals surface area contributed by atoms with Crippen molar-refractivity contribution in [2.45, 2.75) is 6.92 Å². The lowest BCUT2D eigenvalue weighted by atomic mass is 10.1. The van der Waals surface area contributed by atoms with Gasteiger partial charge in [0.15, 0.2) is 11.6 Å². The first-order chi connectivity index (χ1) is 8.22. The van der Waals surface area contributed by atoms with Crippen LogP contribution in [0, 0.1) is 18.2 Å². The Balaban J connectivity index is 2.83. The van der Waals surface area contributed by atoms with Crippen molar-refractivity contribution in [3.05, 3.63) is 35.7 Å². The zero-order valence-corrected chi connectivity index (χ0v) is 10.1. The maximum Gasteiger partial charge on any atom is 0.165 e. The van der Waals surface area contributed by atoms with Gasteiger partial charge < -0.3 is 10.1 Å². The van der Waals surface area contributed by atoms with E-state index in [1.807, 2.05) is 19.1 Å². The molecule has 0 atom stereocenters. The molecule has 0 saturated heterocycles. The third-order valence-electron chi connectivity index (χ3n) is 2.41. The molecule has 1 rings (SSSR count). The molecule has 1 aromatic carbocycles. The highest BCUT2D eigenvalue weighted by atomic mass is 19.1. The Labute approximate surface area is 101 Å². The summed E-state index contributed by atoms with van der Waals surface area (Å²) in [5.74, 6) is 2.39. The van der Waals surface area contributed by atoms with Crippen molar-refractivity contribution in [2.75, 3.05) is 20.2 Å². The summed E-state index contributed by atoms with van der Waals surface area (Å²) in [7, 11) is 1.45. The van der Waals surface area contributed by atoms with Crippen LogP contribution < -0.4 is 10.1 Å². The standard InChI is InChI=1S/C14H16FNO/c1-4-8-16-10-11(5-2)12-6-7-14(17-3)13(15)9-12/h1,5-7,9,16H,8,10H2,2-3H3. The fraction of sp³-hybridized carbons (Fsp3) is 0.286. The molecule has 0 bridgehead atoms. The molecule has 1 N–H and O–H groups in total. The molecule has 2 nitrogen and oxygen atoms in total. The summed E-state index contributed by atoms with van der Waals surface area (Å²) in [5, 5.41) is 3.07. The molecule has 0 aromatic heterocycles. The Bertz CT molecular complexity index is 446. The second-order valence-corrected chi connectivity index (χ2v) is 3.47. The number of ether oxygens (including phenoxy) is 1. The van der Waals surface area contributed by atoms with Gasteiger partial charge in [0.1, 0.15) is 0 Å². The second-order valence-electron chi connectivity index (χ2n) is 3.47. The average Bonchev–Trinajstić information content (AvgIpc) is 2.35. The fourth-order valence-corrected chi connectivity index (χ4v) is 1.51. The van der Waals surface area contributed by atoms with Gasteiger partial charge in [-0.2, -0.15) is 0 Å². The minimum Gasteiger partial charge on any atom is -0.494 e. The number of halogens is 1. The van der Waals surface area contributed by atoms with Crippen LogP contribution in [0.5, 0.6) is 5.75 Å². The third kappa shape index (κ3) is 3.61. The summed E-state index contributed by atoms with van der Waals surface area (Å²) in [6.07, 6.45) is 7.08. The molecule has 0 unspecified atom stereocenters. The Morgan fingerprint density at radius 1 is 1.59 bits per heavy atom. The molecule has 0 radical (unpaired) electrons. The number of benzene rings is 1. The maximum atomic E-state index is 13.5. The van der Waals surface area contributed by atoms with Gasteiger partial charge in [0.2, 0.25) is 0 Å². The average molecular weight is 233 g/mol. The predicted octanol–water partition coefficient (Wildman–Crippen LogP) is 2.46. The molecule has 0 amide bonds. The van der Waals surface area contributed by atoms with Gasteiger partial charge in [-0.3, -0.25) is 0 Å². The minimum atomic E-state index is -0.360. The van der Waals surface area contributed by atoms with Crippen molar-refractivity contribution in [1.29, 1.82) is 0 Å². The van der Waals surface area contributed by atoms with Crippen molar-refractivity contribution in [3.63, 3.8) is 0 Å². The summed E-state index contributed by atoms with van der Waals surface area (Å²) in [4.78, 5) is 0. The van der Waals surface area contributed by atoms with E-state index in [9.17, 15) is 4.39 Å². The number of terminal acetylenes is 1. The Morgan fingerprint density at radius 3 is 2.88 bits per heavy atom. The largest absolute Gasteiger partial charge is 0.494 e. The predicted molar refractivity (Wildman–Crippen MR) is 68.3 cm³/mol. The summed E-state index contributed by atoms with van der Waals surface area (Å²) < 4.78 is 18.4. The molecule has 0 aliphatic carbocycles. The number of allylic oxidation sites excluding steroid dienone is 1. The van der Waals surface area contributed by atoms with Crippen LogP contribution in [0.15, 0.2) is 24.3 Å². The molecule has 1 aromatic rings. The van der Waals surface area contributed by atoms with E-state index >= 15 is 0 Å². The monoisotopic (exact) mass is 233 g/mol. The van der Waals surface area contributed by atoms with E-state index < -0.39 is 0 Å². The maximum absolute atomic E-state index is 13.5. The van der Waals surface area contributed by atoms with Gasteiger partial charge in [-0.1, -0.05) is 18.1 Å². The molecule has 17 heavy (non-hydrogen) atoms. The normalized spacial score (nSPS) is 11.1. The van der Waals surface area contributed by atoms with Crippen molar-refractivity contribution < 1.29 is 9.13 Å². The van der Waals surface area contributed by atoms with Gasteiger partial charge in [-0.25, -0.2) is 4.39 Å². The lowest BCUT2D eigenvalue weighted by molar-refractivity contribution is 0.386. The van der Waals surface area contributed by atoms with Crippen LogP contribution in [0.4, 0.5) is 4.39 Å². The molecule has 3 heteroatoms. The van der Waals surface area contributed by atoms with Crippen LogP contribution >= 0.6 is 0 Å². The van der Waals surface area contributed by atoms with E-state index in [1.165, 1.54) is 13.2 Å². The van der Waals surface area contributed by atoms with Gasteiger partial charge in [-0.15, -0.1) is 6.42 Å².